The van der Waals surface area contributed by atoms with Crippen LogP contribution < -0.4 is 5.32 Å². The summed E-state index contributed by atoms with van der Waals surface area (Å²) in [6.07, 6.45) is 1.52. The van der Waals surface area contributed by atoms with Crippen LogP contribution >= 0.6 is 27.5 Å². The lowest BCUT2D eigenvalue weighted by Crippen LogP contribution is -2.39. The van der Waals surface area contributed by atoms with E-state index in [1.165, 1.54) is 0 Å². The van der Waals surface area contributed by atoms with E-state index >= 15 is 0 Å². The minimum Gasteiger partial charge on any atom is -0.389 e. The molecule has 96 valence electrons. The summed E-state index contributed by atoms with van der Waals surface area (Å²) in [5, 5.41) is 14.1. The molecule has 0 aromatic heterocycles. The van der Waals surface area contributed by atoms with Crippen molar-refractivity contribution >= 4 is 27.5 Å². The molecule has 0 aliphatic carbocycles. The number of benzene rings is 1. The third kappa shape index (κ3) is 4.59. The van der Waals surface area contributed by atoms with E-state index in [-0.39, 0.29) is 0 Å². The topological polar surface area (TPSA) is 32.3 Å². The van der Waals surface area contributed by atoms with Gasteiger partial charge in [0.05, 0.1) is 5.60 Å². The number of rotatable bonds is 6. The maximum absolute atomic E-state index is 10.1. The Morgan fingerprint density at radius 1 is 1.35 bits per heavy atom. The van der Waals surface area contributed by atoms with Crippen LogP contribution in [-0.2, 0) is 6.54 Å². The summed E-state index contributed by atoms with van der Waals surface area (Å²) < 4.78 is 0.994. The molecule has 1 aromatic carbocycles. The van der Waals surface area contributed by atoms with Gasteiger partial charge in [-0.3, -0.25) is 0 Å². The highest BCUT2D eigenvalue weighted by Crippen LogP contribution is 2.21. The van der Waals surface area contributed by atoms with Crippen LogP contribution in [-0.4, -0.2) is 17.3 Å². The van der Waals surface area contributed by atoms with Gasteiger partial charge in [-0.1, -0.05) is 47.4 Å². The number of hydrogen-bond acceptors (Lipinski definition) is 2. The summed E-state index contributed by atoms with van der Waals surface area (Å²) in [6, 6.07) is 5.73. The minimum atomic E-state index is -0.598. The third-order valence-electron chi connectivity index (χ3n) is 3.10. The maximum atomic E-state index is 10.1. The predicted octanol–water partition coefficient (Wildman–Crippen LogP) is 3.74. The fraction of sp³-hybridized carbons (Fsp3) is 0.538. The molecule has 0 bridgehead atoms. The summed E-state index contributed by atoms with van der Waals surface area (Å²) in [5.41, 5.74) is 0.544. The monoisotopic (exact) mass is 319 g/mol. The Labute approximate surface area is 117 Å². The largest absolute Gasteiger partial charge is 0.389 e. The first kappa shape index (κ1) is 15.0. The van der Waals surface area contributed by atoms with Crippen LogP contribution in [0.3, 0.4) is 0 Å². The SMILES string of the molecule is CCC(O)(CC)CNCc1ccc(Cl)cc1Br. The molecule has 0 spiro atoms. The summed E-state index contributed by atoms with van der Waals surface area (Å²) in [5.74, 6) is 0. The van der Waals surface area contributed by atoms with E-state index in [4.69, 9.17) is 11.6 Å². The summed E-state index contributed by atoms with van der Waals surface area (Å²) in [6.45, 7) is 5.34. The molecule has 17 heavy (non-hydrogen) atoms. The number of halogens is 2. The lowest BCUT2D eigenvalue weighted by atomic mass is 9.97. The molecule has 0 atom stereocenters. The second-order valence-corrected chi connectivity index (χ2v) is 5.56. The van der Waals surface area contributed by atoms with Gasteiger partial charge in [0.2, 0.25) is 0 Å². The van der Waals surface area contributed by atoms with Crippen LogP contribution in [0.4, 0.5) is 0 Å². The van der Waals surface area contributed by atoms with E-state index in [0.29, 0.717) is 6.54 Å². The van der Waals surface area contributed by atoms with Crippen molar-refractivity contribution in [1.82, 2.24) is 5.32 Å². The maximum Gasteiger partial charge on any atom is 0.0766 e. The first-order chi connectivity index (χ1) is 8.00. The normalized spacial score (nSPS) is 11.8. The number of aliphatic hydroxyl groups is 1. The van der Waals surface area contributed by atoms with Gasteiger partial charge in [-0.05, 0) is 30.5 Å². The molecule has 0 heterocycles. The average Bonchev–Trinajstić information content (AvgIpc) is 2.32. The van der Waals surface area contributed by atoms with Gasteiger partial charge in [-0.25, -0.2) is 0 Å². The van der Waals surface area contributed by atoms with E-state index in [0.717, 1.165) is 34.4 Å². The van der Waals surface area contributed by atoms with Crippen molar-refractivity contribution in [3.63, 3.8) is 0 Å². The highest BCUT2D eigenvalue weighted by molar-refractivity contribution is 9.10. The zero-order valence-corrected chi connectivity index (χ0v) is 12.6. The van der Waals surface area contributed by atoms with Gasteiger partial charge in [0.25, 0.3) is 0 Å². The van der Waals surface area contributed by atoms with Crippen molar-refractivity contribution in [2.45, 2.75) is 38.8 Å². The number of hydrogen-bond donors (Lipinski definition) is 2. The average molecular weight is 321 g/mol. The Hall–Kier alpha value is -0.0900. The summed E-state index contributed by atoms with van der Waals surface area (Å²) in [4.78, 5) is 0. The van der Waals surface area contributed by atoms with E-state index in [1.54, 1.807) is 0 Å². The van der Waals surface area contributed by atoms with Crippen molar-refractivity contribution in [3.8, 4) is 0 Å². The highest BCUT2D eigenvalue weighted by Gasteiger charge is 2.21. The Kier molecular flexibility index (Phi) is 5.93. The minimum absolute atomic E-state index is 0.598. The molecule has 0 aliphatic rings. The first-order valence-corrected chi connectivity index (χ1v) is 7.05. The third-order valence-corrected chi connectivity index (χ3v) is 4.07. The van der Waals surface area contributed by atoms with E-state index < -0.39 is 5.60 Å². The van der Waals surface area contributed by atoms with Crippen LogP contribution in [0.15, 0.2) is 22.7 Å². The van der Waals surface area contributed by atoms with Crippen LogP contribution in [0.25, 0.3) is 0 Å². The molecule has 0 unspecified atom stereocenters. The van der Waals surface area contributed by atoms with Crippen LogP contribution in [0.1, 0.15) is 32.3 Å². The second kappa shape index (κ2) is 6.74. The molecule has 1 rings (SSSR count). The van der Waals surface area contributed by atoms with Crippen LogP contribution in [0, 0.1) is 0 Å². The van der Waals surface area contributed by atoms with Gasteiger partial charge in [0.15, 0.2) is 0 Å². The molecule has 0 saturated heterocycles. The molecule has 0 radical (unpaired) electrons. The Morgan fingerprint density at radius 2 is 2.00 bits per heavy atom. The van der Waals surface area contributed by atoms with E-state index in [1.807, 2.05) is 32.0 Å². The molecule has 2 nitrogen and oxygen atoms in total. The fourth-order valence-corrected chi connectivity index (χ4v) is 2.42. The Morgan fingerprint density at radius 3 is 2.53 bits per heavy atom. The van der Waals surface area contributed by atoms with Crippen molar-refractivity contribution in [1.29, 1.82) is 0 Å². The van der Waals surface area contributed by atoms with Gasteiger partial charge in [-0.15, -0.1) is 0 Å². The number of nitrogens with one attached hydrogen (secondary N) is 1. The quantitative estimate of drug-likeness (QED) is 0.837. The second-order valence-electron chi connectivity index (χ2n) is 4.27. The molecule has 1 aromatic rings. The predicted molar refractivity (Wildman–Crippen MR) is 76.4 cm³/mol. The van der Waals surface area contributed by atoms with Crippen LogP contribution in [0.5, 0.6) is 0 Å². The Balaban J connectivity index is 2.51. The van der Waals surface area contributed by atoms with E-state index in [9.17, 15) is 5.11 Å². The summed E-state index contributed by atoms with van der Waals surface area (Å²) in [7, 11) is 0. The molecule has 4 heteroatoms. The molecule has 2 N–H and O–H groups in total. The van der Waals surface area contributed by atoms with Gasteiger partial charge in [0, 0.05) is 22.6 Å². The molecular weight excluding hydrogens is 302 g/mol. The zero-order chi connectivity index (χ0) is 12.9. The van der Waals surface area contributed by atoms with E-state index in [2.05, 4.69) is 21.2 Å². The molecule has 0 aliphatic heterocycles. The fourth-order valence-electron chi connectivity index (χ4n) is 1.59. The van der Waals surface area contributed by atoms with Gasteiger partial charge in [0.1, 0.15) is 0 Å². The molecule has 0 fully saturated rings. The lowest BCUT2D eigenvalue weighted by Gasteiger charge is -2.25. The van der Waals surface area contributed by atoms with Crippen molar-refractivity contribution < 1.29 is 5.11 Å². The standard InChI is InChI=1S/C13H19BrClNO/c1-3-13(17,4-2)9-16-8-10-5-6-11(15)7-12(10)14/h5-7,16-17H,3-4,8-9H2,1-2H3. The summed E-state index contributed by atoms with van der Waals surface area (Å²) >= 11 is 9.35. The first-order valence-electron chi connectivity index (χ1n) is 5.88. The van der Waals surface area contributed by atoms with Crippen LogP contribution in [0.2, 0.25) is 5.02 Å². The lowest BCUT2D eigenvalue weighted by molar-refractivity contribution is 0.0323. The zero-order valence-electron chi connectivity index (χ0n) is 10.3. The van der Waals surface area contributed by atoms with Crippen molar-refractivity contribution in [2.75, 3.05) is 6.54 Å². The highest BCUT2D eigenvalue weighted by atomic mass is 79.9. The molecular formula is C13H19BrClNO. The van der Waals surface area contributed by atoms with Gasteiger partial charge in [-0.2, -0.15) is 0 Å². The Bertz CT molecular complexity index is 366. The van der Waals surface area contributed by atoms with Gasteiger partial charge >= 0.3 is 0 Å². The van der Waals surface area contributed by atoms with Crippen molar-refractivity contribution in [3.05, 3.63) is 33.3 Å². The van der Waals surface area contributed by atoms with Gasteiger partial charge < -0.3 is 10.4 Å². The molecule has 0 saturated carbocycles. The molecule has 0 amide bonds. The smallest absolute Gasteiger partial charge is 0.0766 e. The van der Waals surface area contributed by atoms with Crippen molar-refractivity contribution in [2.24, 2.45) is 0 Å².